The Morgan fingerprint density at radius 1 is 1.17 bits per heavy atom. The Kier molecular flexibility index (Phi) is 9.29. The Hall–Kier alpha value is -3.17. The summed E-state index contributed by atoms with van der Waals surface area (Å²) in [6.45, 7) is 17.4. The van der Waals surface area contributed by atoms with Gasteiger partial charge < -0.3 is 29.3 Å². The average Bonchev–Trinajstić information content (AvgIpc) is 3.47. The second kappa shape index (κ2) is 12.4. The second-order valence-corrected chi connectivity index (χ2v) is 11.5. The molecule has 0 radical (unpaired) electrons. The van der Waals surface area contributed by atoms with Crippen molar-refractivity contribution in [2.24, 2.45) is 17.8 Å². The van der Waals surface area contributed by atoms with E-state index in [0.717, 1.165) is 18.8 Å². The maximum Gasteiger partial charge on any atom is 0.312 e. The number of ether oxygens (including phenoxy) is 2. The van der Waals surface area contributed by atoms with Gasteiger partial charge in [0, 0.05) is 37.6 Å². The minimum absolute atomic E-state index is 0.0358. The van der Waals surface area contributed by atoms with Crippen LogP contribution in [-0.2, 0) is 23.9 Å². The molecule has 2 bridgehead atoms. The van der Waals surface area contributed by atoms with E-state index in [1.165, 1.54) is 4.90 Å². The van der Waals surface area contributed by atoms with Crippen molar-refractivity contribution >= 4 is 29.2 Å². The van der Waals surface area contributed by atoms with Gasteiger partial charge in [0.15, 0.2) is 0 Å². The molecule has 0 aliphatic carbocycles. The van der Waals surface area contributed by atoms with Crippen LogP contribution in [0.2, 0.25) is 0 Å². The first-order chi connectivity index (χ1) is 19.6. The van der Waals surface area contributed by atoms with Crippen molar-refractivity contribution in [2.75, 3.05) is 49.2 Å². The lowest BCUT2D eigenvalue weighted by Crippen LogP contribution is -2.57. The van der Waals surface area contributed by atoms with Crippen molar-refractivity contribution < 1.29 is 29.0 Å². The smallest absolute Gasteiger partial charge is 0.312 e. The molecule has 224 valence electrons. The van der Waals surface area contributed by atoms with Gasteiger partial charge in [0.1, 0.15) is 17.6 Å². The fourth-order valence-corrected chi connectivity index (χ4v) is 7.25. The number of hydrogen-bond donors (Lipinski definition) is 1. The second-order valence-electron chi connectivity index (χ2n) is 11.5. The fraction of sp³-hybridized carbons (Fsp3) is 0.594. The zero-order valence-electron chi connectivity index (χ0n) is 24.9. The van der Waals surface area contributed by atoms with Crippen molar-refractivity contribution in [3.05, 3.63) is 49.6 Å². The first-order valence-corrected chi connectivity index (χ1v) is 14.8. The molecular weight excluding hydrogens is 522 g/mol. The van der Waals surface area contributed by atoms with Gasteiger partial charge in [-0.05, 0) is 70.2 Å². The molecule has 0 aromatic heterocycles. The molecule has 3 fully saturated rings. The van der Waals surface area contributed by atoms with Crippen molar-refractivity contribution in [1.29, 1.82) is 0 Å². The Bertz CT molecular complexity index is 1150. The monoisotopic (exact) mass is 567 g/mol. The fourth-order valence-electron chi connectivity index (χ4n) is 7.25. The van der Waals surface area contributed by atoms with E-state index >= 15 is 0 Å². The highest BCUT2D eigenvalue weighted by molar-refractivity contribution is 6.05. The van der Waals surface area contributed by atoms with Gasteiger partial charge in [-0.3, -0.25) is 14.4 Å². The van der Waals surface area contributed by atoms with Gasteiger partial charge in [0.25, 0.3) is 5.91 Å². The zero-order chi connectivity index (χ0) is 29.9. The van der Waals surface area contributed by atoms with E-state index in [-0.39, 0.29) is 44.0 Å². The van der Waals surface area contributed by atoms with Gasteiger partial charge in [-0.25, -0.2) is 0 Å². The van der Waals surface area contributed by atoms with Gasteiger partial charge >= 0.3 is 5.97 Å². The summed E-state index contributed by atoms with van der Waals surface area (Å²) in [4.78, 5) is 47.3. The molecule has 3 aliphatic heterocycles. The number of nitrogens with zero attached hydrogens (tertiary/aromatic N) is 3. The van der Waals surface area contributed by atoms with Crippen LogP contribution < -0.4 is 9.80 Å². The quantitative estimate of drug-likeness (QED) is 0.209. The van der Waals surface area contributed by atoms with Crippen molar-refractivity contribution in [2.45, 2.75) is 64.2 Å². The largest absolute Gasteiger partial charge is 0.465 e. The molecule has 3 unspecified atom stereocenters. The number of esters is 1. The summed E-state index contributed by atoms with van der Waals surface area (Å²) in [5.74, 6) is -2.95. The predicted molar refractivity (Wildman–Crippen MR) is 159 cm³/mol. The van der Waals surface area contributed by atoms with Crippen LogP contribution in [0.5, 0.6) is 0 Å². The number of rotatable bonds is 14. The van der Waals surface area contributed by atoms with Crippen LogP contribution in [0.25, 0.3) is 0 Å². The Morgan fingerprint density at radius 3 is 2.41 bits per heavy atom. The highest BCUT2D eigenvalue weighted by Gasteiger charge is 2.80. The molecule has 9 heteroatoms. The molecular formula is C32H45N3O6. The van der Waals surface area contributed by atoms with Crippen molar-refractivity contribution in [3.63, 3.8) is 0 Å². The molecule has 3 aliphatic rings. The molecule has 6 atom stereocenters. The zero-order valence-corrected chi connectivity index (χ0v) is 24.9. The van der Waals surface area contributed by atoms with Crippen LogP contribution in [0.15, 0.2) is 49.6 Å². The SMILES string of the molecule is C=CCCCOC(=O)[C@@H]1[C@H]2C(=O)N(CCO)C(C(=O)N(CC=C)c3ccc(N(CC)CC)cc3)C23CC(C)[C@@]1(C)O3. The Balaban J connectivity index is 1.72. The van der Waals surface area contributed by atoms with E-state index in [1.54, 1.807) is 17.1 Å². The minimum Gasteiger partial charge on any atom is -0.465 e. The number of allylic oxidation sites excluding steroid dienone is 1. The number of carbonyl (C=O) groups is 3. The highest BCUT2D eigenvalue weighted by atomic mass is 16.6. The maximum atomic E-state index is 14.5. The molecule has 3 heterocycles. The van der Waals surface area contributed by atoms with Crippen LogP contribution in [0.3, 0.4) is 0 Å². The Morgan fingerprint density at radius 2 is 1.83 bits per heavy atom. The van der Waals surface area contributed by atoms with Gasteiger partial charge in [0.05, 0.1) is 24.7 Å². The molecule has 4 rings (SSSR count). The molecule has 1 N–H and O–H groups in total. The molecule has 2 amide bonds. The summed E-state index contributed by atoms with van der Waals surface area (Å²) in [5, 5.41) is 9.93. The summed E-state index contributed by atoms with van der Waals surface area (Å²) in [6, 6.07) is 6.77. The third-order valence-electron chi connectivity index (χ3n) is 9.31. The summed E-state index contributed by atoms with van der Waals surface area (Å²) < 4.78 is 12.4. The molecule has 41 heavy (non-hydrogen) atoms. The van der Waals surface area contributed by atoms with Gasteiger partial charge in [-0.15, -0.1) is 13.2 Å². The van der Waals surface area contributed by atoms with E-state index in [2.05, 4.69) is 31.9 Å². The lowest BCUT2D eigenvalue weighted by molar-refractivity contribution is -0.161. The number of carbonyl (C=O) groups excluding carboxylic acids is 3. The summed E-state index contributed by atoms with van der Waals surface area (Å²) in [7, 11) is 0. The number of benzene rings is 1. The van der Waals surface area contributed by atoms with Crippen LogP contribution in [-0.4, -0.2) is 84.4 Å². The standard InChI is InChI=1S/C32H45N3O6/c1-7-11-12-20-40-30(39)26-25-28(37)35(18-19-36)27(32(25)21-22(5)31(26,6)41-32)29(38)34(17-8-2)24-15-13-23(14-16-24)33(9-3)10-4/h7-8,13-16,22,25-27,36H,1-2,9-12,17-21H2,3-6H3/t22?,25-,26-,27?,31+,32?/m0/s1. The first-order valence-electron chi connectivity index (χ1n) is 14.8. The minimum atomic E-state index is -1.21. The van der Waals surface area contributed by atoms with E-state index in [1.807, 2.05) is 38.1 Å². The third kappa shape index (κ3) is 5.07. The van der Waals surface area contributed by atoms with Crippen molar-refractivity contribution in [1.82, 2.24) is 4.90 Å². The van der Waals surface area contributed by atoms with Crippen molar-refractivity contribution in [3.8, 4) is 0 Å². The highest BCUT2D eigenvalue weighted by Crippen LogP contribution is 2.65. The number of amides is 2. The molecule has 1 spiro atoms. The molecule has 9 nitrogen and oxygen atoms in total. The van der Waals surface area contributed by atoms with E-state index < -0.39 is 35.0 Å². The van der Waals surface area contributed by atoms with Crippen LogP contribution >= 0.6 is 0 Å². The van der Waals surface area contributed by atoms with E-state index in [0.29, 0.717) is 24.9 Å². The number of hydrogen-bond acceptors (Lipinski definition) is 7. The lowest BCUT2D eigenvalue weighted by atomic mass is 9.62. The maximum absolute atomic E-state index is 14.5. The number of anilines is 2. The lowest BCUT2D eigenvalue weighted by Gasteiger charge is -2.37. The number of aliphatic hydroxyl groups is 1. The third-order valence-corrected chi connectivity index (χ3v) is 9.31. The van der Waals surface area contributed by atoms with Crippen LogP contribution in [0.1, 0.15) is 47.0 Å². The van der Waals surface area contributed by atoms with Gasteiger partial charge in [-0.1, -0.05) is 19.1 Å². The summed E-state index contributed by atoms with van der Waals surface area (Å²) in [6.07, 6.45) is 5.22. The van der Waals surface area contributed by atoms with Crippen LogP contribution in [0.4, 0.5) is 11.4 Å². The number of unbranched alkanes of at least 4 members (excludes halogenated alkanes) is 1. The normalized spacial score (nSPS) is 29.8. The van der Waals surface area contributed by atoms with E-state index in [9.17, 15) is 19.5 Å². The average molecular weight is 568 g/mol. The molecule has 1 aromatic carbocycles. The number of β-amino-alcohol motifs (C(OH)–C–C–N with tert-alkyl or cyclic N) is 1. The topological polar surface area (TPSA) is 99.6 Å². The number of fused-ring (bicyclic) bond motifs is 1. The van der Waals surface area contributed by atoms with Gasteiger partial charge in [-0.2, -0.15) is 0 Å². The van der Waals surface area contributed by atoms with Gasteiger partial charge in [0.2, 0.25) is 5.91 Å². The van der Waals surface area contributed by atoms with Crippen LogP contribution in [0, 0.1) is 17.8 Å². The Labute approximate surface area is 243 Å². The molecule has 0 saturated carbocycles. The predicted octanol–water partition coefficient (Wildman–Crippen LogP) is 3.56. The summed E-state index contributed by atoms with van der Waals surface area (Å²) >= 11 is 0. The summed E-state index contributed by atoms with van der Waals surface area (Å²) in [5.41, 5.74) is -0.431. The first kappa shape index (κ1) is 30.8. The molecule has 1 aromatic rings. The number of aliphatic hydroxyl groups excluding tert-OH is 1. The number of likely N-dealkylation sites (tertiary alicyclic amines) is 1. The molecule has 3 saturated heterocycles. The van der Waals surface area contributed by atoms with E-state index in [4.69, 9.17) is 9.47 Å².